The molecule has 1 nitrogen and oxygen atoms in total. The molecule has 0 heterocycles. The predicted octanol–water partition coefficient (Wildman–Crippen LogP) is 4.17. The van der Waals surface area contributed by atoms with Crippen LogP contribution in [-0.4, -0.2) is 7.05 Å². The maximum Gasteiger partial charge on any atom is 0.123 e. The third kappa shape index (κ3) is 2.71. The van der Waals surface area contributed by atoms with E-state index in [4.69, 9.17) is 11.6 Å². The average molecular weight is 264 g/mol. The van der Waals surface area contributed by atoms with E-state index >= 15 is 0 Å². The largest absolute Gasteiger partial charge is 0.316 e. The SMILES string of the molecule is CNCc1ccc(Cl)cc1-c1ccc(F)cc1C. The van der Waals surface area contributed by atoms with Crippen LogP contribution in [0.1, 0.15) is 11.1 Å². The molecule has 3 heteroatoms. The van der Waals surface area contributed by atoms with Gasteiger partial charge in [0.25, 0.3) is 0 Å². The highest BCUT2D eigenvalue weighted by Gasteiger charge is 2.08. The normalized spacial score (nSPS) is 10.7. The maximum atomic E-state index is 13.2. The summed E-state index contributed by atoms with van der Waals surface area (Å²) in [6.45, 7) is 2.66. The molecule has 0 unspecified atom stereocenters. The first-order valence-corrected chi connectivity index (χ1v) is 6.19. The summed E-state index contributed by atoms with van der Waals surface area (Å²) in [5.41, 5.74) is 4.13. The lowest BCUT2D eigenvalue weighted by Gasteiger charge is -2.12. The average Bonchev–Trinajstić information content (AvgIpc) is 2.32. The Morgan fingerprint density at radius 3 is 2.56 bits per heavy atom. The lowest BCUT2D eigenvalue weighted by Crippen LogP contribution is -2.06. The number of hydrogen-bond acceptors (Lipinski definition) is 1. The highest BCUT2D eigenvalue weighted by Crippen LogP contribution is 2.30. The fourth-order valence-corrected chi connectivity index (χ4v) is 2.25. The number of halogens is 2. The molecule has 0 radical (unpaired) electrons. The first kappa shape index (κ1) is 13.1. The van der Waals surface area contributed by atoms with Gasteiger partial charge in [-0.15, -0.1) is 0 Å². The second kappa shape index (κ2) is 5.51. The summed E-state index contributed by atoms with van der Waals surface area (Å²) in [5.74, 6) is -0.214. The molecule has 0 saturated heterocycles. The zero-order valence-corrected chi connectivity index (χ0v) is 11.2. The van der Waals surface area contributed by atoms with Crippen LogP contribution >= 0.6 is 11.6 Å². The van der Waals surface area contributed by atoms with Gasteiger partial charge < -0.3 is 5.32 Å². The summed E-state index contributed by atoms with van der Waals surface area (Å²) in [4.78, 5) is 0. The molecule has 2 aromatic carbocycles. The van der Waals surface area contributed by atoms with Crippen molar-refractivity contribution in [1.82, 2.24) is 5.32 Å². The van der Waals surface area contributed by atoms with Crippen molar-refractivity contribution in [3.8, 4) is 11.1 Å². The van der Waals surface area contributed by atoms with E-state index in [2.05, 4.69) is 5.32 Å². The molecule has 0 aliphatic rings. The Balaban J connectivity index is 2.57. The summed E-state index contributed by atoms with van der Waals surface area (Å²) in [6.07, 6.45) is 0. The third-order valence-corrected chi connectivity index (χ3v) is 3.15. The summed E-state index contributed by atoms with van der Waals surface area (Å²) in [7, 11) is 1.90. The molecule has 18 heavy (non-hydrogen) atoms. The Bertz CT molecular complexity index is 566. The molecule has 0 amide bonds. The summed E-state index contributed by atoms with van der Waals surface area (Å²) >= 11 is 6.06. The van der Waals surface area contributed by atoms with Crippen LogP contribution in [0.15, 0.2) is 36.4 Å². The Hall–Kier alpha value is -1.38. The molecule has 0 bridgehead atoms. The van der Waals surface area contributed by atoms with Gasteiger partial charge in [-0.1, -0.05) is 23.7 Å². The molecule has 2 aromatic rings. The van der Waals surface area contributed by atoms with Crippen molar-refractivity contribution < 1.29 is 4.39 Å². The minimum absolute atomic E-state index is 0.214. The zero-order valence-electron chi connectivity index (χ0n) is 10.4. The Morgan fingerprint density at radius 1 is 1.11 bits per heavy atom. The molecule has 94 valence electrons. The minimum atomic E-state index is -0.214. The zero-order chi connectivity index (χ0) is 13.1. The van der Waals surface area contributed by atoms with Gasteiger partial charge in [0.1, 0.15) is 5.82 Å². The summed E-state index contributed by atoms with van der Waals surface area (Å²) < 4.78 is 13.2. The van der Waals surface area contributed by atoms with Crippen LogP contribution in [0.4, 0.5) is 4.39 Å². The van der Waals surface area contributed by atoms with Crippen LogP contribution in [0.2, 0.25) is 5.02 Å². The van der Waals surface area contributed by atoms with E-state index < -0.39 is 0 Å². The van der Waals surface area contributed by atoms with Crippen molar-refractivity contribution in [3.05, 3.63) is 58.4 Å². The summed E-state index contributed by atoms with van der Waals surface area (Å²) in [6, 6.07) is 10.6. The maximum absolute atomic E-state index is 13.2. The first-order valence-electron chi connectivity index (χ1n) is 5.81. The molecule has 0 spiro atoms. The van der Waals surface area contributed by atoms with E-state index in [0.29, 0.717) is 5.02 Å². The van der Waals surface area contributed by atoms with E-state index in [9.17, 15) is 4.39 Å². The van der Waals surface area contributed by atoms with Gasteiger partial charge >= 0.3 is 0 Å². The van der Waals surface area contributed by atoms with Gasteiger partial charge in [0.15, 0.2) is 0 Å². The van der Waals surface area contributed by atoms with Crippen LogP contribution in [-0.2, 0) is 6.54 Å². The summed E-state index contributed by atoms with van der Waals surface area (Å²) in [5, 5.41) is 3.82. The van der Waals surface area contributed by atoms with Crippen molar-refractivity contribution in [2.24, 2.45) is 0 Å². The van der Waals surface area contributed by atoms with E-state index in [1.54, 1.807) is 12.1 Å². The van der Waals surface area contributed by atoms with Crippen LogP contribution in [0.5, 0.6) is 0 Å². The molecular formula is C15H15ClFN. The Labute approximate surface area is 112 Å². The van der Waals surface area contributed by atoms with Gasteiger partial charge in [-0.3, -0.25) is 0 Å². The second-order valence-corrected chi connectivity index (χ2v) is 4.73. The smallest absolute Gasteiger partial charge is 0.123 e. The van der Waals surface area contributed by atoms with Gasteiger partial charge in [0, 0.05) is 11.6 Å². The first-order chi connectivity index (χ1) is 8.61. The van der Waals surface area contributed by atoms with Crippen LogP contribution in [0, 0.1) is 12.7 Å². The number of hydrogen-bond donors (Lipinski definition) is 1. The molecule has 0 aliphatic carbocycles. The highest BCUT2D eigenvalue weighted by atomic mass is 35.5. The predicted molar refractivity (Wildman–Crippen MR) is 74.3 cm³/mol. The number of rotatable bonds is 3. The number of aryl methyl sites for hydroxylation is 1. The van der Waals surface area contributed by atoms with E-state index in [0.717, 1.165) is 28.8 Å². The quantitative estimate of drug-likeness (QED) is 0.876. The molecule has 0 aromatic heterocycles. The van der Waals surface area contributed by atoms with Crippen LogP contribution in [0.25, 0.3) is 11.1 Å². The van der Waals surface area contributed by atoms with Gasteiger partial charge in [0.05, 0.1) is 0 Å². The van der Waals surface area contributed by atoms with Crippen molar-refractivity contribution in [3.63, 3.8) is 0 Å². The molecule has 0 saturated carbocycles. The molecule has 0 atom stereocenters. The highest BCUT2D eigenvalue weighted by molar-refractivity contribution is 6.30. The van der Waals surface area contributed by atoms with Crippen LogP contribution in [0.3, 0.4) is 0 Å². The van der Waals surface area contributed by atoms with Crippen molar-refractivity contribution in [2.45, 2.75) is 13.5 Å². The topological polar surface area (TPSA) is 12.0 Å². The van der Waals surface area contributed by atoms with Crippen LogP contribution < -0.4 is 5.32 Å². The standard InChI is InChI=1S/C15H15ClFN/c1-10-7-13(17)5-6-14(10)15-8-12(16)4-3-11(15)9-18-2/h3-8,18H,9H2,1-2H3. The van der Waals surface area contributed by atoms with E-state index in [1.807, 2.05) is 32.2 Å². The number of nitrogens with one attached hydrogen (secondary N) is 1. The van der Waals surface area contributed by atoms with E-state index in [1.165, 1.54) is 6.07 Å². The second-order valence-electron chi connectivity index (χ2n) is 4.29. The fourth-order valence-electron chi connectivity index (χ4n) is 2.07. The third-order valence-electron chi connectivity index (χ3n) is 2.92. The molecular weight excluding hydrogens is 249 g/mol. The molecule has 0 fully saturated rings. The lowest BCUT2D eigenvalue weighted by molar-refractivity contribution is 0.627. The minimum Gasteiger partial charge on any atom is -0.316 e. The van der Waals surface area contributed by atoms with Gasteiger partial charge in [-0.2, -0.15) is 0 Å². The monoisotopic (exact) mass is 263 g/mol. The van der Waals surface area contributed by atoms with Gasteiger partial charge in [-0.05, 0) is 60.5 Å². The fraction of sp³-hybridized carbons (Fsp3) is 0.200. The van der Waals surface area contributed by atoms with Crippen molar-refractivity contribution >= 4 is 11.6 Å². The van der Waals surface area contributed by atoms with Crippen molar-refractivity contribution in [2.75, 3.05) is 7.05 Å². The van der Waals surface area contributed by atoms with Gasteiger partial charge in [-0.25, -0.2) is 4.39 Å². The Morgan fingerprint density at radius 2 is 1.89 bits per heavy atom. The van der Waals surface area contributed by atoms with Gasteiger partial charge in [0.2, 0.25) is 0 Å². The van der Waals surface area contributed by atoms with Crippen molar-refractivity contribution in [1.29, 1.82) is 0 Å². The van der Waals surface area contributed by atoms with E-state index in [-0.39, 0.29) is 5.82 Å². The molecule has 0 aliphatic heterocycles. The molecule has 2 rings (SSSR count). The Kier molecular flexibility index (Phi) is 4.00. The number of benzene rings is 2. The lowest BCUT2D eigenvalue weighted by atomic mass is 9.96. The molecule has 1 N–H and O–H groups in total.